The van der Waals surface area contributed by atoms with Crippen LogP contribution in [0.4, 0.5) is 0 Å². The minimum atomic E-state index is 0.722. The van der Waals surface area contributed by atoms with Crippen molar-refractivity contribution < 1.29 is 4.74 Å². The van der Waals surface area contributed by atoms with Crippen molar-refractivity contribution in [2.24, 2.45) is 0 Å². The summed E-state index contributed by atoms with van der Waals surface area (Å²) in [6, 6.07) is 9.18. The van der Waals surface area contributed by atoms with Crippen LogP contribution in [0.1, 0.15) is 37.7 Å². The molecule has 1 unspecified atom stereocenters. The van der Waals surface area contributed by atoms with Gasteiger partial charge in [0.2, 0.25) is 0 Å². The molecule has 1 aliphatic heterocycles. The van der Waals surface area contributed by atoms with E-state index >= 15 is 0 Å². The van der Waals surface area contributed by atoms with Crippen molar-refractivity contribution in [1.82, 2.24) is 5.32 Å². The predicted octanol–water partition coefficient (Wildman–Crippen LogP) is 3.16. The van der Waals surface area contributed by atoms with E-state index in [1.807, 2.05) is 0 Å². The van der Waals surface area contributed by atoms with E-state index in [1.165, 1.54) is 50.6 Å². The van der Waals surface area contributed by atoms with Gasteiger partial charge in [-0.05, 0) is 49.9 Å². The Morgan fingerprint density at radius 1 is 1.18 bits per heavy atom. The lowest BCUT2D eigenvalue weighted by Gasteiger charge is -2.15. The molecule has 1 saturated heterocycles. The third-order valence-electron chi connectivity index (χ3n) is 3.60. The maximum Gasteiger partial charge on any atom is 0.118 e. The lowest BCUT2D eigenvalue weighted by Crippen LogP contribution is -2.28. The van der Waals surface area contributed by atoms with Gasteiger partial charge in [-0.15, -0.1) is 0 Å². The fourth-order valence-corrected chi connectivity index (χ4v) is 2.48. The molecule has 2 rings (SSSR count). The van der Waals surface area contributed by atoms with E-state index in [1.54, 1.807) is 7.11 Å². The molecule has 1 aromatic carbocycles. The highest BCUT2D eigenvalue weighted by Gasteiger charge is 2.10. The number of hydrogen-bond acceptors (Lipinski definition) is 2. The van der Waals surface area contributed by atoms with Gasteiger partial charge in [-0.1, -0.05) is 25.0 Å². The summed E-state index contributed by atoms with van der Waals surface area (Å²) >= 11 is 0. The molecule has 0 bridgehead atoms. The Morgan fingerprint density at radius 3 is 2.76 bits per heavy atom. The van der Waals surface area contributed by atoms with Crippen LogP contribution < -0.4 is 10.1 Å². The molecule has 94 valence electrons. The highest BCUT2D eigenvalue weighted by atomic mass is 16.5. The second kappa shape index (κ2) is 6.65. The first-order valence-corrected chi connectivity index (χ1v) is 6.75. The third-order valence-corrected chi connectivity index (χ3v) is 3.60. The smallest absolute Gasteiger partial charge is 0.118 e. The van der Waals surface area contributed by atoms with Crippen LogP contribution in [0.25, 0.3) is 0 Å². The summed E-state index contributed by atoms with van der Waals surface area (Å²) in [6.45, 7) is 1.20. The first kappa shape index (κ1) is 12.4. The van der Waals surface area contributed by atoms with Crippen LogP contribution in [-0.2, 0) is 6.42 Å². The summed E-state index contributed by atoms with van der Waals surface area (Å²) in [6.07, 6.45) is 7.90. The number of aryl methyl sites for hydroxylation is 1. The van der Waals surface area contributed by atoms with Crippen LogP contribution in [0, 0.1) is 0 Å². The van der Waals surface area contributed by atoms with E-state index < -0.39 is 0 Å². The van der Waals surface area contributed by atoms with Gasteiger partial charge in [-0.3, -0.25) is 0 Å². The molecule has 0 saturated carbocycles. The summed E-state index contributed by atoms with van der Waals surface area (Å²) in [5.41, 5.74) is 1.41. The van der Waals surface area contributed by atoms with Crippen molar-refractivity contribution in [2.45, 2.75) is 44.6 Å². The molecular formula is C15H23NO. The van der Waals surface area contributed by atoms with Crippen LogP contribution in [0.2, 0.25) is 0 Å². The zero-order valence-electron chi connectivity index (χ0n) is 10.7. The topological polar surface area (TPSA) is 21.3 Å². The molecule has 1 N–H and O–H groups in total. The standard InChI is InChI=1S/C15H23NO/c1-17-15-10-7-13(8-11-15)6-9-14-5-3-2-4-12-16-14/h7-8,10-11,14,16H,2-6,9,12H2,1H3. The molecule has 0 spiro atoms. The maximum absolute atomic E-state index is 5.17. The van der Waals surface area contributed by atoms with Crippen LogP contribution >= 0.6 is 0 Å². The molecule has 0 aromatic heterocycles. The molecular weight excluding hydrogens is 210 g/mol. The van der Waals surface area contributed by atoms with Gasteiger partial charge in [0.25, 0.3) is 0 Å². The summed E-state index contributed by atoms with van der Waals surface area (Å²) in [5, 5.41) is 3.65. The van der Waals surface area contributed by atoms with Gasteiger partial charge in [0.15, 0.2) is 0 Å². The third kappa shape index (κ3) is 4.04. The van der Waals surface area contributed by atoms with E-state index in [2.05, 4.69) is 29.6 Å². The van der Waals surface area contributed by atoms with Gasteiger partial charge in [0, 0.05) is 6.04 Å². The fraction of sp³-hybridized carbons (Fsp3) is 0.600. The molecule has 17 heavy (non-hydrogen) atoms. The minimum absolute atomic E-state index is 0.722. The first-order valence-electron chi connectivity index (χ1n) is 6.75. The molecule has 0 radical (unpaired) electrons. The molecule has 1 aliphatic rings. The summed E-state index contributed by atoms with van der Waals surface area (Å²) < 4.78 is 5.17. The van der Waals surface area contributed by atoms with Gasteiger partial charge >= 0.3 is 0 Å². The van der Waals surface area contributed by atoms with Crippen LogP contribution in [0.3, 0.4) is 0 Å². The number of methoxy groups -OCH3 is 1. The van der Waals surface area contributed by atoms with E-state index in [0.29, 0.717) is 0 Å². The molecule has 1 fully saturated rings. The second-order valence-electron chi connectivity index (χ2n) is 4.89. The number of hydrogen-bond donors (Lipinski definition) is 1. The normalized spacial score (nSPS) is 20.9. The molecule has 2 nitrogen and oxygen atoms in total. The number of ether oxygens (including phenoxy) is 1. The number of benzene rings is 1. The van der Waals surface area contributed by atoms with E-state index in [0.717, 1.165) is 11.8 Å². The lowest BCUT2D eigenvalue weighted by atomic mass is 10.0. The Balaban J connectivity index is 1.79. The number of rotatable bonds is 4. The highest BCUT2D eigenvalue weighted by Crippen LogP contribution is 2.16. The molecule has 0 aliphatic carbocycles. The van der Waals surface area contributed by atoms with Crippen LogP contribution in [0.5, 0.6) is 5.75 Å². The molecule has 1 heterocycles. The Hall–Kier alpha value is -1.02. The number of nitrogens with one attached hydrogen (secondary N) is 1. The van der Waals surface area contributed by atoms with Crippen molar-refractivity contribution in [3.05, 3.63) is 29.8 Å². The SMILES string of the molecule is COc1ccc(CCC2CCCCCN2)cc1. The molecule has 0 amide bonds. The van der Waals surface area contributed by atoms with Crippen LogP contribution in [0.15, 0.2) is 24.3 Å². The van der Waals surface area contributed by atoms with Gasteiger partial charge in [0.05, 0.1) is 7.11 Å². The van der Waals surface area contributed by atoms with Crippen LogP contribution in [-0.4, -0.2) is 19.7 Å². The molecule has 1 aromatic rings. The van der Waals surface area contributed by atoms with Crippen molar-refractivity contribution in [1.29, 1.82) is 0 Å². The Morgan fingerprint density at radius 2 is 2.00 bits per heavy atom. The molecule has 1 atom stereocenters. The lowest BCUT2D eigenvalue weighted by molar-refractivity contribution is 0.414. The van der Waals surface area contributed by atoms with Gasteiger partial charge in [-0.25, -0.2) is 0 Å². The first-order chi connectivity index (χ1) is 8.38. The monoisotopic (exact) mass is 233 g/mol. The summed E-state index contributed by atoms with van der Waals surface area (Å²) in [7, 11) is 1.71. The molecule has 2 heteroatoms. The summed E-state index contributed by atoms with van der Waals surface area (Å²) in [4.78, 5) is 0. The van der Waals surface area contributed by atoms with Crippen molar-refractivity contribution in [3.63, 3.8) is 0 Å². The second-order valence-corrected chi connectivity index (χ2v) is 4.89. The minimum Gasteiger partial charge on any atom is -0.497 e. The van der Waals surface area contributed by atoms with Crippen molar-refractivity contribution >= 4 is 0 Å². The van der Waals surface area contributed by atoms with E-state index in [9.17, 15) is 0 Å². The Kier molecular flexibility index (Phi) is 4.87. The average Bonchev–Trinajstić information content (AvgIpc) is 2.65. The zero-order chi connectivity index (χ0) is 11.9. The predicted molar refractivity (Wildman–Crippen MR) is 71.6 cm³/mol. The van der Waals surface area contributed by atoms with Gasteiger partial charge < -0.3 is 10.1 Å². The Bertz CT molecular complexity index is 312. The Labute approximate surface area is 104 Å². The zero-order valence-corrected chi connectivity index (χ0v) is 10.7. The van der Waals surface area contributed by atoms with Crippen molar-refractivity contribution in [3.8, 4) is 5.75 Å². The van der Waals surface area contributed by atoms with E-state index in [4.69, 9.17) is 4.74 Å². The van der Waals surface area contributed by atoms with E-state index in [-0.39, 0.29) is 0 Å². The summed E-state index contributed by atoms with van der Waals surface area (Å²) in [5.74, 6) is 0.946. The maximum atomic E-state index is 5.17. The largest absolute Gasteiger partial charge is 0.497 e. The highest BCUT2D eigenvalue weighted by molar-refractivity contribution is 5.27. The van der Waals surface area contributed by atoms with Gasteiger partial charge in [-0.2, -0.15) is 0 Å². The average molecular weight is 233 g/mol. The van der Waals surface area contributed by atoms with Gasteiger partial charge in [0.1, 0.15) is 5.75 Å². The quantitative estimate of drug-likeness (QED) is 0.862. The van der Waals surface area contributed by atoms with Crippen molar-refractivity contribution in [2.75, 3.05) is 13.7 Å². The fourth-order valence-electron chi connectivity index (χ4n) is 2.48.